The van der Waals surface area contributed by atoms with Crippen LogP contribution in [0, 0.1) is 19.8 Å². The first-order valence-electron chi connectivity index (χ1n) is 10.1. The van der Waals surface area contributed by atoms with E-state index in [2.05, 4.69) is 56.3 Å². The highest BCUT2D eigenvalue weighted by molar-refractivity contribution is 5.91. The SMILES string of the molecule is Cc1cccc(C)c1C(N)/C=C/C(=O)C1CCCCC(c2ccccc2)C1. The lowest BCUT2D eigenvalue weighted by Gasteiger charge is -2.19. The van der Waals surface area contributed by atoms with Crippen LogP contribution in [0.15, 0.2) is 60.7 Å². The number of hydrogen-bond acceptors (Lipinski definition) is 2. The second-order valence-corrected chi connectivity index (χ2v) is 7.92. The first kappa shape index (κ1) is 19.6. The Morgan fingerprint density at radius 2 is 1.67 bits per heavy atom. The van der Waals surface area contributed by atoms with Crippen LogP contribution in [-0.2, 0) is 4.79 Å². The van der Waals surface area contributed by atoms with Gasteiger partial charge in [0.2, 0.25) is 0 Å². The number of nitrogens with two attached hydrogens (primary N) is 1. The summed E-state index contributed by atoms with van der Waals surface area (Å²) in [6, 6.07) is 16.6. The van der Waals surface area contributed by atoms with E-state index < -0.39 is 0 Å². The van der Waals surface area contributed by atoms with Gasteiger partial charge in [0.1, 0.15) is 0 Å². The van der Waals surface area contributed by atoms with Gasteiger partial charge in [0.15, 0.2) is 5.78 Å². The molecule has 3 unspecified atom stereocenters. The molecule has 3 rings (SSSR count). The third-order valence-corrected chi connectivity index (χ3v) is 5.94. The van der Waals surface area contributed by atoms with Gasteiger partial charge in [-0.2, -0.15) is 0 Å². The predicted molar refractivity (Wildman–Crippen MR) is 113 cm³/mol. The second-order valence-electron chi connectivity index (χ2n) is 7.92. The highest BCUT2D eigenvalue weighted by atomic mass is 16.1. The van der Waals surface area contributed by atoms with Crippen LogP contribution >= 0.6 is 0 Å². The molecule has 2 nitrogen and oxygen atoms in total. The molecule has 1 saturated carbocycles. The first-order chi connectivity index (χ1) is 13.1. The summed E-state index contributed by atoms with van der Waals surface area (Å²) in [7, 11) is 0. The van der Waals surface area contributed by atoms with E-state index in [0.29, 0.717) is 5.92 Å². The molecule has 0 heterocycles. The smallest absolute Gasteiger partial charge is 0.158 e. The van der Waals surface area contributed by atoms with Gasteiger partial charge in [-0.3, -0.25) is 4.79 Å². The van der Waals surface area contributed by atoms with E-state index in [1.54, 1.807) is 6.08 Å². The number of carbonyl (C=O) groups excluding carboxylic acids is 1. The van der Waals surface area contributed by atoms with Crippen LogP contribution in [0.4, 0.5) is 0 Å². The molecule has 0 aliphatic heterocycles. The van der Waals surface area contributed by atoms with Crippen LogP contribution in [0.2, 0.25) is 0 Å². The summed E-state index contributed by atoms with van der Waals surface area (Å²) in [5.41, 5.74) is 11.2. The lowest BCUT2D eigenvalue weighted by Crippen LogP contribution is -2.16. The van der Waals surface area contributed by atoms with Crippen LogP contribution in [0.1, 0.15) is 66.3 Å². The fraction of sp³-hybridized carbons (Fsp3) is 0.400. The van der Waals surface area contributed by atoms with Crippen molar-refractivity contribution in [1.82, 2.24) is 0 Å². The van der Waals surface area contributed by atoms with E-state index in [1.807, 2.05) is 12.1 Å². The van der Waals surface area contributed by atoms with Crippen molar-refractivity contribution >= 4 is 5.78 Å². The van der Waals surface area contributed by atoms with E-state index in [4.69, 9.17) is 5.73 Å². The van der Waals surface area contributed by atoms with Gasteiger partial charge in [0.25, 0.3) is 0 Å². The molecule has 2 heteroatoms. The Kier molecular flexibility index (Phi) is 6.63. The van der Waals surface area contributed by atoms with Crippen molar-refractivity contribution in [2.75, 3.05) is 0 Å². The molecule has 0 spiro atoms. The summed E-state index contributed by atoms with van der Waals surface area (Å²) in [4.78, 5) is 12.9. The summed E-state index contributed by atoms with van der Waals surface area (Å²) < 4.78 is 0. The van der Waals surface area contributed by atoms with Crippen LogP contribution in [0.3, 0.4) is 0 Å². The molecule has 27 heavy (non-hydrogen) atoms. The predicted octanol–water partition coefficient (Wildman–Crippen LogP) is 5.79. The van der Waals surface area contributed by atoms with Crippen molar-refractivity contribution in [3.05, 3.63) is 82.9 Å². The van der Waals surface area contributed by atoms with E-state index in [-0.39, 0.29) is 17.7 Å². The van der Waals surface area contributed by atoms with Crippen LogP contribution in [-0.4, -0.2) is 5.78 Å². The lowest BCUT2D eigenvalue weighted by molar-refractivity contribution is -0.118. The Hall–Kier alpha value is -2.19. The number of hydrogen-bond donors (Lipinski definition) is 1. The number of aryl methyl sites for hydroxylation is 2. The van der Waals surface area contributed by atoms with Gasteiger partial charge in [0.05, 0.1) is 0 Å². The summed E-state index contributed by atoms with van der Waals surface area (Å²) in [5.74, 6) is 0.835. The Morgan fingerprint density at radius 3 is 2.37 bits per heavy atom. The molecule has 0 bridgehead atoms. The molecule has 1 aliphatic carbocycles. The van der Waals surface area contributed by atoms with Gasteiger partial charge >= 0.3 is 0 Å². The van der Waals surface area contributed by atoms with Gasteiger partial charge in [-0.15, -0.1) is 0 Å². The third-order valence-electron chi connectivity index (χ3n) is 5.94. The fourth-order valence-electron chi connectivity index (χ4n) is 4.43. The van der Waals surface area contributed by atoms with Crippen molar-refractivity contribution < 1.29 is 4.79 Å². The molecule has 2 aromatic rings. The Morgan fingerprint density at radius 1 is 1.00 bits per heavy atom. The topological polar surface area (TPSA) is 43.1 Å². The molecule has 142 valence electrons. The largest absolute Gasteiger partial charge is 0.321 e. The average Bonchev–Trinajstić information content (AvgIpc) is 2.93. The second kappa shape index (κ2) is 9.14. The summed E-state index contributed by atoms with van der Waals surface area (Å²) in [5, 5.41) is 0. The number of allylic oxidation sites excluding steroid dienone is 1. The average molecular weight is 362 g/mol. The number of rotatable bonds is 5. The van der Waals surface area contributed by atoms with E-state index in [9.17, 15) is 4.79 Å². The monoisotopic (exact) mass is 361 g/mol. The van der Waals surface area contributed by atoms with Crippen molar-refractivity contribution in [2.24, 2.45) is 11.7 Å². The highest BCUT2D eigenvalue weighted by Gasteiger charge is 2.25. The fourth-order valence-corrected chi connectivity index (χ4v) is 4.43. The first-order valence-corrected chi connectivity index (χ1v) is 10.1. The van der Waals surface area contributed by atoms with Crippen LogP contribution < -0.4 is 5.73 Å². The summed E-state index contributed by atoms with van der Waals surface area (Å²) in [6.07, 6.45) is 9.09. The van der Waals surface area contributed by atoms with Gasteiger partial charge < -0.3 is 5.73 Å². The molecule has 1 fully saturated rings. The normalized spacial score (nSPS) is 21.7. The maximum Gasteiger partial charge on any atom is 0.158 e. The Labute approximate surface area is 163 Å². The van der Waals surface area contributed by atoms with Gasteiger partial charge in [-0.1, -0.05) is 67.4 Å². The standard InChI is InChI=1S/C25H31NO/c1-18-9-8-10-19(2)25(18)23(26)15-16-24(27)22-14-7-6-13-21(17-22)20-11-4-3-5-12-20/h3-5,8-12,15-16,21-23H,6-7,13-14,17,26H2,1-2H3/b16-15+. The minimum Gasteiger partial charge on any atom is -0.321 e. The summed E-state index contributed by atoms with van der Waals surface area (Å²) in [6.45, 7) is 4.15. The van der Waals surface area contributed by atoms with Crippen LogP contribution in [0.5, 0.6) is 0 Å². The van der Waals surface area contributed by atoms with Gasteiger partial charge in [-0.05, 0) is 67.4 Å². The van der Waals surface area contributed by atoms with Crippen LogP contribution in [0.25, 0.3) is 0 Å². The zero-order chi connectivity index (χ0) is 19.2. The van der Waals surface area contributed by atoms with Gasteiger partial charge in [-0.25, -0.2) is 0 Å². The third kappa shape index (κ3) is 4.95. The van der Waals surface area contributed by atoms with E-state index >= 15 is 0 Å². The van der Waals surface area contributed by atoms with Gasteiger partial charge in [0, 0.05) is 12.0 Å². The molecular weight excluding hydrogens is 330 g/mol. The Bertz CT molecular complexity index is 773. The van der Waals surface area contributed by atoms with Crippen molar-refractivity contribution in [1.29, 1.82) is 0 Å². The highest BCUT2D eigenvalue weighted by Crippen LogP contribution is 2.35. The number of ketones is 1. The van der Waals surface area contributed by atoms with Crippen molar-refractivity contribution in [3.8, 4) is 0 Å². The molecule has 3 atom stereocenters. The molecular formula is C25H31NO. The zero-order valence-electron chi connectivity index (χ0n) is 16.5. The zero-order valence-corrected chi connectivity index (χ0v) is 16.5. The summed E-state index contributed by atoms with van der Waals surface area (Å²) >= 11 is 0. The minimum absolute atomic E-state index is 0.110. The molecule has 2 aromatic carbocycles. The number of carbonyl (C=O) groups is 1. The molecule has 1 aliphatic rings. The van der Waals surface area contributed by atoms with E-state index in [1.165, 1.54) is 29.5 Å². The minimum atomic E-state index is -0.231. The quantitative estimate of drug-likeness (QED) is 0.541. The van der Waals surface area contributed by atoms with E-state index in [0.717, 1.165) is 24.8 Å². The maximum absolute atomic E-state index is 12.9. The molecule has 0 amide bonds. The maximum atomic E-state index is 12.9. The molecule has 0 radical (unpaired) electrons. The Balaban J connectivity index is 1.70. The number of benzene rings is 2. The van der Waals surface area contributed by atoms with Crippen molar-refractivity contribution in [3.63, 3.8) is 0 Å². The molecule has 2 N–H and O–H groups in total. The lowest BCUT2D eigenvalue weighted by atomic mass is 9.85. The molecule has 0 aromatic heterocycles. The molecule has 0 saturated heterocycles. The van der Waals surface area contributed by atoms with Crippen molar-refractivity contribution in [2.45, 2.75) is 57.9 Å².